The Morgan fingerprint density at radius 1 is 0.930 bits per heavy atom. The molecule has 6 rings (SSSR count). The van der Waals surface area contributed by atoms with E-state index in [-0.39, 0.29) is 28.2 Å². The van der Waals surface area contributed by atoms with Crippen LogP contribution in [0.4, 0.5) is 4.79 Å². The summed E-state index contributed by atoms with van der Waals surface area (Å²) in [6.45, 7) is 7.85. The topological polar surface area (TPSA) is 110 Å². The molecule has 3 heterocycles. The summed E-state index contributed by atoms with van der Waals surface area (Å²) in [4.78, 5) is 32.4. The van der Waals surface area contributed by atoms with Gasteiger partial charge in [0.05, 0.1) is 4.90 Å². The highest BCUT2D eigenvalue weighted by Gasteiger charge is 2.55. The van der Waals surface area contributed by atoms with Crippen LogP contribution in [-0.4, -0.2) is 72.8 Å². The van der Waals surface area contributed by atoms with Gasteiger partial charge in [0, 0.05) is 67.2 Å². The molecule has 1 amide bonds. The second-order valence-electron chi connectivity index (χ2n) is 13.4. The molecule has 1 aliphatic carbocycles. The molecule has 0 bridgehead atoms. The van der Waals surface area contributed by atoms with Crippen LogP contribution >= 0.6 is 0 Å². The molecule has 1 N–H and O–H groups in total. The highest BCUT2D eigenvalue weighted by atomic mass is 32.2. The molecule has 230 valence electrons. The summed E-state index contributed by atoms with van der Waals surface area (Å²) in [6, 6.07) is 17.2. The molecule has 43 heavy (non-hydrogen) atoms. The quantitative estimate of drug-likeness (QED) is 0.404. The summed E-state index contributed by atoms with van der Waals surface area (Å²) in [6.07, 6.45) is 1.84. The number of likely N-dealkylation sites (tertiary alicyclic amines) is 1. The number of ether oxygens (including phenoxy) is 1. The van der Waals surface area contributed by atoms with Crippen molar-refractivity contribution in [2.45, 2.75) is 63.0 Å². The molecule has 1 spiro atoms. The standard InChI is InChI=1S/C32H40N4O6S/c1-31(2,3)41-30(38)42-36-20-32(21-36)18-35(19-32)29(37)23-10-13-25(14-11-23)33-43(39,40)26-15-12-24-16-27(34(4)28(24)17-26)22-8-6-5-7-9-22/h5-9,12,15-17,23,25,33H,10-11,13-14,18-21H2,1-4H3/t23-,25-. The van der Waals surface area contributed by atoms with Crippen LogP contribution in [0.3, 0.4) is 0 Å². The van der Waals surface area contributed by atoms with Gasteiger partial charge in [-0.1, -0.05) is 36.4 Å². The van der Waals surface area contributed by atoms with Crippen molar-refractivity contribution in [1.29, 1.82) is 0 Å². The van der Waals surface area contributed by atoms with Gasteiger partial charge in [-0.2, -0.15) is 0 Å². The number of aryl methyl sites for hydroxylation is 1. The number of nitrogens with zero attached hydrogens (tertiary/aromatic N) is 3. The third-order valence-electron chi connectivity index (χ3n) is 8.78. The zero-order valence-corrected chi connectivity index (χ0v) is 26.0. The summed E-state index contributed by atoms with van der Waals surface area (Å²) >= 11 is 0. The van der Waals surface area contributed by atoms with Crippen molar-refractivity contribution in [3.05, 3.63) is 54.6 Å². The lowest BCUT2D eigenvalue weighted by molar-refractivity contribution is -0.256. The van der Waals surface area contributed by atoms with Crippen LogP contribution in [-0.2, 0) is 31.4 Å². The van der Waals surface area contributed by atoms with Crippen molar-refractivity contribution in [3.8, 4) is 11.3 Å². The predicted octanol–water partition coefficient (Wildman–Crippen LogP) is 4.69. The second kappa shape index (κ2) is 10.9. The molecule has 0 radical (unpaired) electrons. The lowest BCUT2D eigenvalue weighted by Crippen LogP contribution is -2.73. The molecule has 2 aliphatic heterocycles. The smallest absolute Gasteiger partial charge is 0.427 e. The van der Waals surface area contributed by atoms with Gasteiger partial charge < -0.3 is 19.0 Å². The molecule has 3 aromatic rings. The average Bonchev–Trinajstić information content (AvgIpc) is 3.24. The van der Waals surface area contributed by atoms with E-state index in [1.807, 2.05) is 52.9 Å². The van der Waals surface area contributed by atoms with Crippen molar-refractivity contribution >= 4 is 33.0 Å². The summed E-state index contributed by atoms with van der Waals surface area (Å²) in [5.74, 6) is 0.0465. The Morgan fingerprint density at radius 2 is 1.60 bits per heavy atom. The maximum absolute atomic E-state index is 13.3. The number of carbonyl (C=O) groups excluding carboxylic acids is 2. The van der Waals surface area contributed by atoms with Gasteiger partial charge in [-0.3, -0.25) is 4.79 Å². The maximum Gasteiger partial charge on any atom is 0.528 e. The highest BCUT2D eigenvalue weighted by molar-refractivity contribution is 7.89. The second-order valence-corrected chi connectivity index (χ2v) is 15.1. The minimum Gasteiger partial charge on any atom is -0.427 e. The zero-order chi connectivity index (χ0) is 30.6. The molecular formula is C32H40N4O6S. The van der Waals surface area contributed by atoms with Crippen molar-refractivity contribution in [2.75, 3.05) is 26.2 Å². The average molecular weight is 609 g/mol. The van der Waals surface area contributed by atoms with E-state index in [0.29, 0.717) is 51.9 Å². The summed E-state index contributed by atoms with van der Waals surface area (Å²) in [5.41, 5.74) is 2.32. The van der Waals surface area contributed by atoms with Crippen LogP contribution in [0.15, 0.2) is 59.5 Å². The third kappa shape index (κ3) is 6.16. The van der Waals surface area contributed by atoms with Crippen molar-refractivity contribution in [3.63, 3.8) is 0 Å². The fourth-order valence-electron chi connectivity index (χ4n) is 6.63. The van der Waals surface area contributed by atoms with E-state index in [2.05, 4.69) is 10.8 Å². The Labute approximate surface area is 252 Å². The first kappa shape index (κ1) is 29.7. The van der Waals surface area contributed by atoms with Crippen molar-refractivity contribution in [2.24, 2.45) is 18.4 Å². The number of hydrogen-bond donors (Lipinski definition) is 1. The molecule has 2 aromatic carbocycles. The lowest BCUT2D eigenvalue weighted by Gasteiger charge is -2.59. The highest BCUT2D eigenvalue weighted by Crippen LogP contribution is 2.41. The molecule has 3 fully saturated rings. The van der Waals surface area contributed by atoms with E-state index < -0.39 is 21.8 Å². The van der Waals surface area contributed by atoms with Crippen LogP contribution < -0.4 is 4.72 Å². The SMILES string of the molecule is Cn1c(-c2ccccc2)cc2ccc(S(=O)(=O)N[C@H]3CC[C@H](C(=O)N4CC5(CN(OC(=O)OC(C)(C)C)C5)C4)CC3)cc21. The van der Waals surface area contributed by atoms with Gasteiger partial charge in [-0.25, -0.2) is 17.9 Å². The minimum absolute atomic E-state index is 0.0220. The number of hydrogen-bond acceptors (Lipinski definition) is 7. The largest absolute Gasteiger partial charge is 0.528 e. The fourth-order valence-corrected chi connectivity index (χ4v) is 7.95. The van der Waals surface area contributed by atoms with E-state index in [1.54, 1.807) is 38.0 Å². The van der Waals surface area contributed by atoms with Crippen LogP contribution in [0, 0.1) is 11.3 Å². The Balaban J connectivity index is 0.988. The summed E-state index contributed by atoms with van der Waals surface area (Å²) in [7, 11) is -1.76. The Morgan fingerprint density at radius 3 is 2.26 bits per heavy atom. The van der Waals surface area contributed by atoms with Crippen molar-refractivity contribution < 1.29 is 27.6 Å². The first-order chi connectivity index (χ1) is 20.3. The van der Waals surface area contributed by atoms with E-state index in [9.17, 15) is 18.0 Å². The van der Waals surface area contributed by atoms with Crippen LogP contribution in [0.1, 0.15) is 46.5 Å². The zero-order valence-electron chi connectivity index (χ0n) is 25.2. The Kier molecular flexibility index (Phi) is 7.55. The number of fused-ring (bicyclic) bond motifs is 1. The predicted molar refractivity (Wildman–Crippen MR) is 162 cm³/mol. The molecule has 2 saturated heterocycles. The van der Waals surface area contributed by atoms with Gasteiger partial charge in [-0.05, 0) is 70.2 Å². The number of nitrogens with one attached hydrogen (secondary N) is 1. The monoisotopic (exact) mass is 608 g/mol. The molecule has 1 aromatic heterocycles. The number of rotatable bonds is 6. The normalized spacial score (nSPS) is 22.2. The van der Waals surface area contributed by atoms with Crippen LogP contribution in [0.25, 0.3) is 22.2 Å². The molecule has 0 unspecified atom stereocenters. The van der Waals surface area contributed by atoms with E-state index >= 15 is 0 Å². The maximum atomic E-state index is 13.3. The number of hydroxylamine groups is 2. The van der Waals surface area contributed by atoms with Gasteiger partial charge in [0.25, 0.3) is 0 Å². The van der Waals surface area contributed by atoms with Gasteiger partial charge >= 0.3 is 6.16 Å². The van der Waals surface area contributed by atoms with Crippen LogP contribution in [0.5, 0.6) is 0 Å². The first-order valence-electron chi connectivity index (χ1n) is 14.9. The number of amides is 1. The fraction of sp³-hybridized carbons (Fsp3) is 0.500. The first-order valence-corrected chi connectivity index (χ1v) is 16.4. The third-order valence-corrected chi connectivity index (χ3v) is 10.3. The molecule has 1 saturated carbocycles. The van der Waals surface area contributed by atoms with Crippen molar-refractivity contribution in [1.82, 2.24) is 19.3 Å². The molecule has 3 aliphatic rings. The van der Waals surface area contributed by atoms with E-state index in [1.165, 1.54) is 0 Å². The number of aromatic nitrogens is 1. The van der Waals surface area contributed by atoms with E-state index in [0.717, 1.165) is 22.2 Å². The number of benzene rings is 2. The summed E-state index contributed by atoms with van der Waals surface area (Å²) in [5, 5.41) is 2.57. The van der Waals surface area contributed by atoms with Crippen LogP contribution in [0.2, 0.25) is 0 Å². The number of sulfonamides is 1. The van der Waals surface area contributed by atoms with Gasteiger partial charge in [-0.15, -0.1) is 5.06 Å². The molecule has 0 atom stereocenters. The minimum atomic E-state index is -3.71. The lowest BCUT2D eigenvalue weighted by atomic mass is 9.73. The number of carbonyl (C=O) groups is 2. The molecule has 10 nitrogen and oxygen atoms in total. The van der Waals surface area contributed by atoms with Gasteiger partial charge in [0.1, 0.15) is 5.60 Å². The summed E-state index contributed by atoms with van der Waals surface area (Å²) < 4.78 is 36.8. The van der Waals surface area contributed by atoms with Gasteiger partial charge in [0.15, 0.2) is 0 Å². The van der Waals surface area contributed by atoms with Gasteiger partial charge in [0.2, 0.25) is 15.9 Å². The molecular weight excluding hydrogens is 568 g/mol. The van der Waals surface area contributed by atoms with E-state index in [4.69, 9.17) is 9.57 Å². The molecule has 11 heteroatoms. The Bertz CT molecular complexity index is 1620. The Hall–Kier alpha value is -3.41.